The third-order valence-corrected chi connectivity index (χ3v) is 3.39. The van der Waals surface area contributed by atoms with Gasteiger partial charge in [-0.1, -0.05) is 24.3 Å². The summed E-state index contributed by atoms with van der Waals surface area (Å²) in [5.74, 6) is -1.65. The molecule has 0 fully saturated rings. The molecule has 0 bridgehead atoms. The lowest BCUT2D eigenvalue weighted by molar-refractivity contribution is 0.0696. The Morgan fingerprint density at radius 2 is 1.46 bits per heavy atom. The summed E-state index contributed by atoms with van der Waals surface area (Å²) in [5, 5.41) is 18.7. The number of rotatable bonds is 4. The van der Waals surface area contributed by atoms with E-state index in [0.29, 0.717) is 16.6 Å². The number of para-hydroxylation sites is 2. The van der Waals surface area contributed by atoms with Crippen LogP contribution in [0.25, 0.3) is 17.1 Å². The molecular weight excluding hydrogens is 308 g/mol. The van der Waals surface area contributed by atoms with E-state index < -0.39 is 5.97 Å². The molecule has 0 aliphatic carbocycles. The maximum Gasteiger partial charge on any atom is 0.335 e. The molecule has 1 heterocycles. The fourth-order valence-electron chi connectivity index (χ4n) is 2.14. The van der Waals surface area contributed by atoms with E-state index in [1.807, 2.05) is 0 Å². The first-order valence-electron chi connectivity index (χ1n) is 7.06. The number of carbonyl (C=O) groups excluding carboxylic acids is 1. The monoisotopic (exact) mass is 320 g/mol. The molecule has 3 rings (SSSR count). The number of aromatic carboxylic acids is 1. The molecule has 0 amide bonds. The Morgan fingerprint density at radius 3 is 2.08 bits per heavy atom. The van der Waals surface area contributed by atoms with Crippen LogP contribution in [-0.4, -0.2) is 31.9 Å². The highest BCUT2D eigenvalue weighted by atomic mass is 16.4. The van der Waals surface area contributed by atoms with Gasteiger partial charge in [0, 0.05) is 5.56 Å². The number of allylic oxidation sites excluding steroid dienone is 1. The molecule has 1 aromatic heterocycles. The predicted octanol–water partition coefficient (Wildman–Crippen LogP) is 2.93. The van der Waals surface area contributed by atoms with Gasteiger partial charge in [-0.25, -0.2) is 14.8 Å². The van der Waals surface area contributed by atoms with Crippen molar-refractivity contribution in [2.45, 2.75) is 0 Å². The smallest absolute Gasteiger partial charge is 0.335 e. The van der Waals surface area contributed by atoms with E-state index in [-0.39, 0.29) is 22.9 Å². The van der Waals surface area contributed by atoms with Gasteiger partial charge in [0.2, 0.25) is 5.88 Å². The van der Waals surface area contributed by atoms with E-state index >= 15 is 0 Å². The summed E-state index contributed by atoms with van der Waals surface area (Å²) in [7, 11) is 0. The lowest BCUT2D eigenvalue weighted by Crippen LogP contribution is -1.99. The number of fused-ring (bicyclic) bond motifs is 1. The molecule has 3 aromatic rings. The molecule has 0 radical (unpaired) electrons. The van der Waals surface area contributed by atoms with Gasteiger partial charge in [0.25, 0.3) is 0 Å². The van der Waals surface area contributed by atoms with Crippen molar-refractivity contribution in [3.63, 3.8) is 0 Å². The van der Waals surface area contributed by atoms with Gasteiger partial charge in [-0.2, -0.15) is 0 Å². The Bertz CT molecular complexity index is 962. The minimum atomic E-state index is -1.05. The van der Waals surface area contributed by atoms with Crippen LogP contribution in [0.5, 0.6) is 5.88 Å². The average Bonchev–Trinajstić information content (AvgIpc) is 2.59. The Morgan fingerprint density at radius 1 is 0.875 bits per heavy atom. The Labute approximate surface area is 136 Å². The van der Waals surface area contributed by atoms with Gasteiger partial charge in [0.15, 0.2) is 5.78 Å². The summed E-state index contributed by atoms with van der Waals surface area (Å²) in [4.78, 5) is 31.2. The predicted molar refractivity (Wildman–Crippen MR) is 88.0 cm³/mol. The van der Waals surface area contributed by atoms with Gasteiger partial charge in [0.1, 0.15) is 5.69 Å². The molecule has 0 aliphatic heterocycles. The first-order valence-corrected chi connectivity index (χ1v) is 7.06. The Balaban J connectivity index is 1.86. The normalized spacial score (nSPS) is 11.0. The van der Waals surface area contributed by atoms with Crippen molar-refractivity contribution < 1.29 is 19.8 Å². The number of benzene rings is 2. The molecule has 2 aromatic carbocycles. The van der Waals surface area contributed by atoms with Crippen LogP contribution in [0, 0.1) is 0 Å². The highest BCUT2D eigenvalue weighted by Gasteiger charge is 2.08. The van der Waals surface area contributed by atoms with Crippen LogP contribution in [0.1, 0.15) is 26.4 Å². The molecule has 0 saturated heterocycles. The maximum atomic E-state index is 12.1. The Hall–Kier alpha value is -3.54. The molecule has 0 atom stereocenters. The van der Waals surface area contributed by atoms with Gasteiger partial charge >= 0.3 is 5.97 Å². The molecule has 0 aliphatic rings. The molecule has 0 spiro atoms. The summed E-state index contributed by atoms with van der Waals surface area (Å²) in [6, 6.07) is 12.7. The second-order valence-corrected chi connectivity index (χ2v) is 5.00. The van der Waals surface area contributed by atoms with Crippen molar-refractivity contribution >= 4 is 28.9 Å². The minimum Gasteiger partial charge on any atom is -0.492 e. The number of carboxylic acids is 1. The number of aromatic nitrogens is 2. The molecule has 24 heavy (non-hydrogen) atoms. The lowest BCUT2D eigenvalue weighted by Gasteiger charge is -2.01. The molecule has 0 unspecified atom stereocenters. The van der Waals surface area contributed by atoms with Crippen LogP contribution in [0.4, 0.5) is 0 Å². The SMILES string of the molecule is O=C(O)c1ccc(C(=O)C=Cc2nc3ccccc3nc2O)cc1. The number of hydrogen-bond acceptors (Lipinski definition) is 5. The van der Waals surface area contributed by atoms with E-state index in [0.717, 1.165) is 0 Å². The number of ketones is 1. The van der Waals surface area contributed by atoms with Crippen molar-refractivity contribution in [1.29, 1.82) is 0 Å². The second kappa shape index (κ2) is 6.29. The zero-order chi connectivity index (χ0) is 17.1. The summed E-state index contributed by atoms with van der Waals surface area (Å²) in [6.45, 7) is 0. The minimum absolute atomic E-state index is 0.105. The number of nitrogens with zero attached hydrogens (tertiary/aromatic N) is 2. The topological polar surface area (TPSA) is 100 Å². The first-order chi connectivity index (χ1) is 11.5. The van der Waals surface area contributed by atoms with E-state index in [9.17, 15) is 14.7 Å². The summed E-state index contributed by atoms with van der Waals surface area (Å²) in [5.41, 5.74) is 1.79. The van der Waals surface area contributed by atoms with E-state index in [1.54, 1.807) is 24.3 Å². The second-order valence-electron chi connectivity index (χ2n) is 5.00. The molecule has 0 saturated carbocycles. The third-order valence-electron chi connectivity index (χ3n) is 3.39. The summed E-state index contributed by atoms with van der Waals surface area (Å²) >= 11 is 0. The van der Waals surface area contributed by atoms with E-state index in [1.165, 1.54) is 36.4 Å². The van der Waals surface area contributed by atoms with Crippen molar-refractivity contribution in [1.82, 2.24) is 9.97 Å². The van der Waals surface area contributed by atoms with Gasteiger partial charge in [-0.15, -0.1) is 0 Å². The highest BCUT2D eigenvalue weighted by molar-refractivity contribution is 6.07. The van der Waals surface area contributed by atoms with E-state index in [4.69, 9.17) is 5.11 Å². The van der Waals surface area contributed by atoms with E-state index in [2.05, 4.69) is 9.97 Å². The van der Waals surface area contributed by atoms with Crippen LogP contribution in [-0.2, 0) is 0 Å². The van der Waals surface area contributed by atoms with Crippen molar-refractivity contribution in [2.75, 3.05) is 0 Å². The van der Waals surface area contributed by atoms with Crippen LogP contribution < -0.4 is 0 Å². The van der Waals surface area contributed by atoms with Crippen LogP contribution in [0.2, 0.25) is 0 Å². The molecule has 2 N–H and O–H groups in total. The Kier molecular flexibility index (Phi) is 4.03. The zero-order valence-electron chi connectivity index (χ0n) is 12.4. The number of hydrogen-bond donors (Lipinski definition) is 2. The molecule has 118 valence electrons. The zero-order valence-corrected chi connectivity index (χ0v) is 12.4. The first kappa shape index (κ1) is 15.4. The maximum absolute atomic E-state index is 12.1. The van der Waals surface area contributed by atoms with Crippen molar-refractivity contribution in [3.05, 3.63) is 71.4 Å². The van der Waals surface area contributed by atoms with Crippen molar-refractivity contribution in [3.8, 4) is 5.88 Å². The van der Waals surface area contributed by atoms with Gasteiger partial charge in [-0.3, -0.25) is 4.79 Å². The molecule has 6 heteroatoms. The quantitative estimate of drug-likeness (QED) is 0.566. The van der Waals surface area contributed by atoms with Gasteiger partial charge in [-0.05, 0) is 36.4 Å². The fourth-order valence-corrected chi connectivity index (χ4v) is 2.14. The van der Waals surface area contributed by atoms with Crippen LogP contribution in [0.15, 0.2) is 54.6 Å². The number of carbonyl (C=O) groups is 2. The standard InChI is InChI=1S/C18H12N2O4/c21-16(11-5-7-12(8-6-11)18(23)24)10-9-15-17(22)20-14-4-2-1-3-13(14)19-15/h1-10H,(H,20,22)(H,23,24). The van der Waals surface area contributed by atoms with Crippen molar-refractivity contribution in [2.24, 2.45) is 0 Å². The fraction of sp³-hybridized carbons (Fsp3) is 0. The van der Waals surface area contributed by atoms with Crippen LogP contribution in [0.3, 0.4) is 0 Å². The average molecular weight is 320 g/mol. The highest BCUT2D eigenvalue weighted by Crippen LogP contribution is 2.19. The number of carboxylic acid groups (broad SMARTS) is 1. The summed E-state index contributed by atoms with van der Waals surface area (Å²) < 4.78 is 0. The largest absolute Gasteiger partial charge is 0.492 e. The van der Waals surface area contributed by atoms with Crippen LogP contribution >= 0.6 is 0 Å². The third kappa shape index (κ3) is 3.12. The summed E-state index contributed by atoms with van der Waals surface area (Å²) in [6.07, 6.45) is 2.64. The molecule has 6 nitrogen and oxygen atoms in total. The number of aromatic hydroxyl groups is 1. The van der Waals surface area contributed by atoms with Gasteiger partial charge in [0.05, 0.1) is 16.6 Å². The molecular formula is C18H12N2O4. The lowest BCUT2D eigenvalue weighted by atomic mass is 10.1. The van der Waals surface area contributed by atoms with Gasteiger partial charge < -0.3 is 10.2 Å².